The molecular formula is C11H21N3O5. The third-order valence-electron chi connectivity index (χ3n) is 2.84. The van der Waals surface area contributed by atoms with Gasteiger partial charge in [-0.1, -0.05) is 0 Å². The largest absolute Gasteiger partial charge is 0.481 e. The van der Waals surface area contributed by atoms with Crippen LogP contribution in [0.15, 0.2) is 0 Å². The van der Waals surface area contributed by atoms with Crippen molar-refractivity contribution in [1.29, 1.82) is 0 Å². The number of aliphatic carboxylic acids is 2. The summed E-state index contributed by atoms with van der Waals surface area (Å²) in [6, 6.07) is -2.38. The molecule has 0 bridgehead atoms. The highest BCUT2D eigenvalue weighted by Crippen LogP contribution is 2.15. The van der Waals surface area contributed by atoms with Crippen molar-refractivity contribution in [1.82, 2.24) is 0 Å². The zero-order valence-corrected chi connectivity index (χ0v) is 10.6. The van der Waals surface area contributed by atoms with Crippen molar-refractivity contribution >= 4 is 17.7 Å². The van der Waals surface area contributed by atoms with Crippen LogP contribution in [0.3, 0.4) is 0 Å². The average molecular weight is 275 g/mol. The Hall–Kier alpha value is -1.51. The first kappa shape index (κ1) is 17.5. The van der Waals surface area contributed by atoms with E-state index in [9.17, 15) is 14.4 Å². The van der Waals surface area contributed by atoms with Crippen LogP contribution in [0.1, 0.15) is 25.7 Å². The van der Waals surface area contributed by atoms with Crippen LogP contribution in [0.2, 0.25) is 0 Å². The van der Waals surface area contributed by atoms with Gasteiger partial charge in [0.2, 0.25) is 0 Å². The summed E-state index contributed by atoms with van der Waals surface area (Å²) in [6.45, 7) is 0.306. The van der Waals surface area contributed by atoms with E-state index < -0.39 is 35.7 Å². The fourth-order valence-electron chi connectivity index (χ4n) is 1.70. The molecule has 110 valence electrons. The van der Waals surface area contributed by atoms with Crippen molar-refractivity contribution in [3.05, 3.63) is 0 Å². The lowest BCUT2D eigenvalue weighted by Crippen LogP contribution is -2.47. The minimum absolute atomic E-state index is 0.0420. The standard InChI is InChI=1S/C11H21N3O5/c12-5-1-2-6(9(14)11(18)19)10(17)7(13)3-4-8(15)16/h6-7,9H,1-5,12-14H2,(H,15,16)(H,18,19)/t6?,7-,9-/m0/s1. The molecule has 0 aliphatic rings. The third kappa shape index (κ3) is 6.27. The highest BCUT2D eigenvalue weighted by Gasteiger charge is 2.33. The van der Waals surface area contributed by atoms with Gasteiger partial charge in [0.15, 0.2) is 5.78 Å². The molecule has 0 aromatic heterocycles. The first-order chi connectivity index (χ1) is 8.81. The number of ketones is 1. The van der Waals surface area contributed by atoms with Crippen LogP contribution in [0.25, 0.3) is 0 Å². The summed E-state index contributed by atoms with van der Waals surface area (Å²) in [7, 11) is 0. The van der Waals surface area contributed by atoms with Crippen molar-refractivity contribution in [3.63, 3.8) is 0 Å². The van der Waals surface area contributed by atoms with Crippen LogP contribution in [0.4, 0.5) is 0 Å². The highest BCUT2D eigenvalue weighted by molar-refractivity contribution is 5.91. The molecule has 0 aliphatic heterocycles. The summed E-state index contributed by atoms with van der Waals surface area (Å²) >= 11 is 0. The molecule has 0 spiro atoms. The van der Waals surface area contributed by atoms with E-state index in [2.05, 4.69) is 0 Å². The fraction of sp³-hybridized carbons (Fsp3) is 0.727. The number of hydrogen-bond acceptors (Lipinski definition) is 6. The molecule has 0 saturated carbocycles. The lowest BCUT2D eigenvalue weighted by atomic mass is 9.86. The molecule has 1 unspecified atom stereocenters. The summed E-state index contributed by atoms with van der Waals surface area (Å²) < 4.78 is 0. The van der Waals surface area contributed by atoms with E-state index in [0.29, 0.717) is 13.0 Å². The maximum Gasteiger partial charge on any atom is 0.321 e. The number of carbonyl (C=O) groups excluding carboxylic acids is 1. The first-order valence-corrected chi connectivity index (χ1v) is 6.00. The number of carbonyl (C=O) groups is 3. The van der Waals surface area contributed by atoms with Crippen LogP contribution in [0.5, 0.6) is 0 Å². The second-order valence-corrected chi connectivity index (χ2v) is 4.34. The fourth-order valence-corrected chi connectivity index (χ4v) is 1.70. The van der Waals surface area contributed by atoms with Crippen molar-refractivity contribution < 1.29 is 24.6 Å². The van der Waals surface area contributed by atoms with Crippen LogP contribution in [0, 0.1) is 5.92 Å². The van der Waals surface area contributed by atoms with Crippen LogP contribution >= 0.6 is 0 Å². The van der Waals surface area contributed by atoms with Gasteiger partial charge >= 0.3 is 11.9 Å². The number of nitrogens with two attached hydrogens (primary N) is 3. The predicted octanol–water partition coefficient (Wildman–Crippen LogP) is -1.49. The van der Waals surface area contributed by atoms with Crippen molar-refractivity contribution in [3.8, 4) is 0 Å². The van der Waals surface area contributed by atoms with E-state index in [1.54, 1.807) is 0 Å². The molecule has 8 nitrogen and oxygen atoms in total. The lowest BCUT2D eigenvalue weighted by molar-refractivity contribution is -0.143. The predicted molar refractivity (Wildman–Crippen MR) is 67.2 cm³/mol. The summed E-state index contributed by atoms with van der Waals surface area (Å²) in [5.74, 6) is -3.82. The van der Waals surface area contributed by atoms with E-state index in [4.69, 9.17) is 27.4 Å². The maximum absolute atomic E-state index is 12.0. The summed E-state index contributed by atoms with van der Waals surface area (Å²) in [6.07, 6.45) is 0.380. The second kappa shape index (κ2) is 8.57. The maximum atomic E-state index is 12.0. The van der Waals surface area contributed by atoms with Gasteiger partial charge in [0.05, 0.1) is 6.04 Å². The third-order valence-corrected chi connectivity index (χ3v) is 2.84. The smallest absolute Gasteiger partial charge is 0.321 e. The van der Waals surface area contributed by atoms with E-state index in [-0.39, 0.29) is 19.3 Å². The molecule has 0 rings (SSSR count). The Labute approximate surface area is 110 Å². The Balaban J connectivity index is 4.68. The van der Waals surface area contributed by atoms with Gasteiger partial charge in [0.25, 0.3) is 0 Å². The molecule has 19 heavy (non-hydrogen) atoms. The molecule has 0 aliphatic carbocycles. The van der Waals surface area contributed by atoms with Gasteiger partial charge in [-0.15, -0.1) is 0 Å². The zero-order valence-electron chi connectivity index (χ0n) is 10.6. The van der Waals surface area contributed by atoms with E-state index >= 15 is 0 Å². The van der Waals surface area contributed by atoms with Crippen LogP contribution in [-0.4, -0.2) is 46.6 Å². The molecule has 3 atom stereocenters. The summed E-state index contributed by atoms with van der Waals surface area (Å²) in [4.78, 5) is 33.3. The highest BCUT2D eigenvalue weighted by atomic mass is 16.4. The molecular weight excluding hydrogens is 254 g/mol. The second-order valence-electron chi connectivity index (χ2n) is 4.34. The average Bonchev–Trinajstić information content (AvgIpc) is 2.35. The normalized spacial score (nSPS) is 15.5. The zero-order chi connectivity index (χ0) is 15.0. The van der Waals surface area contributed by atoms with Crippen LogP contribution < -0.4 is 17.2 Å². The molecule has 0 saturated heterocycles. The van der Waals surface area contributed by atoms with Gasteiger partial charge in [-0.05, 0) is 25.8 Å². The Morgan fingerprint density at radius 1 is 1.05 bits per heavy atom. The van der Waals surface area contributed by atoms with Gasteiger partial charge in [-0.3, -0.25) is 14.4 Å². The van der Waals surface area contributed by atoms with E-state index in [0.717, 1.165) is 0 Å². The molecule has 0 aromatic rings. The van der Waals surface area contributed by atoms with Crippen molar-refractivity contribution in [2.75, 3.05) is 6.54 Å². The molecule has 0 fully saturated rings. The Morgan fingerprint density at radius 3 is 2.05 bits per heavy atom. The first-order valence-electron chi connectivity index (χ1n) is 6.00. The number of carboxylic acid groups (broad SMARTS) is 2. The van der Waals surface area contributed by atoms with Gasteiger partial charge in [-0.25, -0.2) is 0 Å². The van der Waals surface area contributed by atoms with Gasteiger partial charge < -0.3 is 27.4 Å². The van der Waals surface area contributed by atoms with Gasteiger partial charge in [-0.2, -0.15) is 0 Å². The molecule has 8 heteroatoms. The molecule has 0 heterocycles. The molecule has 0 aromatic carbocycles. The van der Waals surface area contributed by atoms with Crippen LogP contribution in [-0.2, 0) is 14.4 Å². The summed E-state index contributed by atoms with van der Waals surface area (Å²) in [5.41, 5.74) is 16.4. The quantitative estimate of drug-likeness (QED) is 0.321. The van der Waals surface area contributed by atoms with Gasteiger partial charge in [0, 0.05) is 12.3 Å². The molecule has 0 amide bonds. The van der Waals surface area contributed by atoms with Crippen molar-refractivity contribution in [2.24, 2.45) is 23.1 Å². The Morgan fingerprint density at radius 2 is 1.63 bits per heavy atom. The van der Waals surface area contributed by atoms with Gasteiger partial charge in [0.1, 0.15) is 6.04 Å². The van der Waals surface area contributed by atoms with E-state index in [1.165, 1.54) is 0 Å². The number of rotatable bonds is 10. The molecule has 8 N–H and O–H groups in total. The summed E-state index contributed by atoms with van der Waals surface area (Å²) in [5, 5.41) is 17.4. The van der Waals surface area contributed by atoms with Crippen molar-refractivity contribution in [2.45, 2.75) is 37.8 Å². The topological polar surface area (TPSA) is 170 Å². The Kier molecular flexibility index (Phi) is 7.89. The van der Waals surface area contributed by atoms with E-state index in [1.807, 2.05) is 0 Å². The minimum atomic E-state index is -1.35. The number of Topliss-reactive ketones (excluding diaryl/α,β-unsaturated/α-hetero) is 1. The minimum Gasteiger partial charge on any atom is -0.481 e. The number of hydrogen-bond donors (Lipinski definition) is 5. The molecule has 0 radical (unpaired) electrons. The SMILES string of the molecule is NCCCC(C(=O)[C@@H](N)CCC(=O)O)[C@H](N)C(=O)O. The Bertz CT molecular complexity index is 334. The number of carboxylic acids is 2. The lowest BCUT2D eigenvalue weighted by Gasteiger charge is -2.22. The monoisotopic (exact) mass is 275 g/mol.